The zero-order valence-corrected chi connectivity index (χ0v) is 69.5. The summed E-state index contributed by atoms with van der Waals surface area (Å²) in [7, 11) is -51.5. The lowest BCUT2D eigenvalue weighted by Crippen LogP contribution is -2.57. The molecule has 0 radical (unpaired) electrons. The van der Waals surface area contributed by atoms with E-state index in [1.54, 1.807) is 6.92 Å². The van der Waals surface area contributed by atoms with Crippen molar-refractivity contribution in [2.24, 2.45) is 237 Å². The van der Waals surface area contributed by atoms with Crippen molar-refractivity contribution in [3.8, 4) is 0 Å². The highest BCUT2D eigenvalue weighted by Gasteiger charge is 2.78. The van der Waals surface area contributed by atoms with Gasteiger partial charge in [0, 0.05) is 0 Å². The average Bonchev–Trinajstić information content (AvgIpc) is 1.51. The normalized spacial score (nSPS) is 57.5. The van der Waals surface area contributed by atoms with E-state index < -0.39 is 379 Å². The molecule has 40 heteroatoms. The molecule has 20 saturated carbocycles. The van der Waals surface area contributed by atoms with Crippen molar-refractivity contribution in [1.82, 2.24) is 0 Å². The molecule has 30 nitrogen and oxygen atoms in total. The molecule has 0 aromatic rings. The summed E-state index contributed by atoms with van der Waals surface area (Å²) in [6.45, 7) is 3.75. The van der Waals surface area contributed by atoms with Gasteiger partial charge in [0.05, 0.1) is 154 Å². The Hall–Kier alpha value is -0.900. The molecule has 0 N–H and O–H groups in total. The van der Waals surface area contributed by atoms with Gasteiger partial charge in [-0.05, 0) is 365 Å². The van der Waals surface area contributed by atoms with Crippen molar-refractivity contribution in [1.29, 1.82) is 0 Å². The van der Waals surface area contributed by atoms with E-state index in [0.29, 0.717) is 6.42 Å². The van der Waals surface area contributed by atoms with Gasteiger partial charge in [0.2, 0.25) is 0 Å². The summed E-state index contributed by atoms with van der Waals surface area (Å²) < 4.78 is 415. The zero-order valence-electron chi connectivity index (χ0n) is 61.3. The fourth-order valence-corrected chi connectivity index (χ4v) is 50.0. The fourth-order valence-electron chi connectivity index (χ4n) is 37.9. The van der Waals surface area contributed by atoms with E-state index in [9.17, 15) is 130 Å². The summed E-state index contributed by atoms with van der Waals surface area (Å²) in [5, 5.41) is -15.0. The second-order valence-corrected chi connectivity index (χ2v) is 57.3. The predicted octanol–water partition coefficient (Wildman–Crippen LogP) is 2.89. The molecule has 20 aliphatic carbocycles. The molecule has 20 fully saturated rings. The molecule has 20 rings (SSSR count). The molecule has 0 aromatic carbocycles. The van der Waals surface area contributed by atoms with E-state index >= 15 is 0 Å². The molecule has 0 amide bonds. The van der Waals surface area contributed by atoms with E-state index in [1.165, 1.54) is 0 Å². The Morgan fingerprint density at radius 2 is 0.268 bits per heavy atom. The predicted molar refractivity (Wildman–Crippen MR) is 378 cm³/mol. The maximum Gasteiger partial charge on any atom is 0.0978 e. The molecule has 0 aliphatic heterocycles. The SMILES string of the molecule is CC1C2CC(CC2S(=O)(=O)[O-])C1C1C2CC(CC2S(=O)(=O)[O-])C1C1C2CC(CC2S(=O)(=O)[O-])C1C1C2CC(CC2S(=O)(=O)[O-])C1C1C2CC(CC2S(=O)(=O)[O-])C1C1C2CC(CC2S(=O)(=O)[O-])C1C1C2CC(CC2S(=O)(=O)[O-])C1C1C2CC(CC2S(=O)(=O)[O-])C1C1C2CC(CC2S(=O)(=O)[O-])C1C1C(C)C2CC1C(S(=O)(=O)[O-])C2. The van der Waals surface area contributed by atoms with Gasteiger partial charge in [0.1, 0.15) is 0 Å². The molecular weight excluding hydrogens is 1670 g/mol. The van der Waals surface area contributed by atoms with Crippen LogP contribution in [0.4, 0.5) is 0 Å². The molecule has 50 atom stereocenters. The van der Waals surface area contributed by atoms with Gasteiger partial charge in [-0.2, -0.15) is 0 Å². The first kappa shape index (κ1) is 79.6. The van der Waals surface area contributed by atoms with Gasteiger partial charge in [-0.15, -0.1) is 0 Å². The van der Waals surface area contributed by atoms with E-state index in [0.717, 1.165) is 0 Å². The largest absolute Gasteiger partial charge is 0.748 e. The minimum atomic E-state index is -5.31. The average molecular weight is 1760 g/mol. The first-order valence-electron chi connectivity index (χ1n) is 41.2. The molecule has 0 spiro atoms. The van der Waals surface area contributed by atoms with Crippen molar-refractivity contribution < 1.29 is 130 Å². The molecular formula is C72H96O30S10-10. The lowest BCUT2D eigenvalue weighted by molar-refractivity contribution is -0.0766. The van der Waals surface area contributed by atoms with Crippen molar-refractivity contribution in [2.75, 3.05) is 0 Å². The molecule has 0 saturated heterocycles. The van der Waals surface area contributed by atoms with Crippen LogP contribution >= 0.6 is 0 Å². The van der Waals surface area contributed by atoms with Crippen molar-refractivity contribution in [3.63, 3.8) is 0 Å². The van der Waals surface area contributed by atoms with Crippen molar-refractivity contribution in [3.05, 3.63) is 0 Å². The fraction of sp³-hybridized carbons (Fsp3) is 1.00. The topological polar surface area (TPSA) is 572 Å². The zero-order chi connectivity index (χ0) is 80.0. The second-order valence-electron chi connectivity index (χ2n) is 41.4. The highest BCUT2D eigenvalue weighted by molar-refractivity contribution is 7.88. The molecule has 20 bridgehead atoms. The van der Waals surface area contributed by atoms with Crippen molar-refractivity contribution in [2.45, 2.75) is 195 Å². The smallest absolute Gasteiger partial charge is 0.0978 e. The minimum Gasteiger partial charge on any atom is -0.748 e. The Balaban J connectivity index is 0.748. The van der Waals surface area contributed by atoms with Gasteiger partial charge in [0.15, 0.2) is 0 Å². The van der Waals surface area contributed by atoms with E-state index in [4.69, 9.17) is 0 Å². The van der Waals surface area contributed by atoms with Crippen LogP contribution in [0.3, 0.4) is 0 Å². The van der Waals surface area contributed by atoms with E-state index in [2.05, 4.69) is 0 Å². The minimum absolute atomic E-state index is 0.000323. The molecule has 0 heterocycles. The van der Waals surface area contributed by atoms with Crippen LogP contribution in [-0.4, -0.2) is 182 Å². The Bertz CT molecular complexity index is 5200. The second kappa shape index (κ2) is 25.0. The summed E-state index contributed by atoms with van der Waals surface area (Å²) >= 11 is 0. The third-order valence-electron chi connectivity index (χ3n) is 39.1. The summed E-state index contributed by atoms with van der Waals surface area (Å²) in [5.41, 5.74) is 0. The highest BCUT2D eigenvalue weighted by atomic mass is 32.3. The Morgan fingerprint density at radius 1 is 0.143 bits per heavy atom. The third kappa shape index (κ3) is 11.4. The molecule has 112 heavy (non-hydrogen) atoms. The number of hydrogen-bond acceptors (Lipinski definition) is 30. The van der Waals surface area contributed by atoms with Gasteiger partial charge in [0.25, 0.3) is 0 Å². The standard InChI is InChI=1S/C72H106O30S10/c1-23-25-3-36(46(13-25)104(76,77)78)56(23)57-27-5-38(48(15-27)106(82,83)84)66(57)59-29-7-40(50(17-29)108(88,89)90)68(59)61-31-9-42(52(19-31)110(94,95)96)70(61)63-33-11-44(54(21-33)112(100,101)102)72(63)64-34-12-43(53(22-34)111(97,98)99)71(64)62-32-10-41(51(20-32)109(91,92)93)69(62)60-30-8-39(49(18-30)107(85,86)87)67(60)58-28-6-37(47(16-28)105(79,80)81)65(58)55-24(2)35-4-26(55)14-45(35)103(73,74)75/h23-72H,3-22H2,1-2H3,(H,73,74,75)(H,76,77,78)(H,79,80,81)(H,82,83,84)(H,85,86,87)(H,88,89,90)(H,91,92,93)(H,94,95,96)(H,97,98,99)(H,100,101,102)/p-10. The van der Waals surface area contributed by atoms with Gasteiger partial charge in [-0.25, -0.2) is 84.2 Å². The van der Waals surface area contributed by atoms with Crippen LogP contribution in [0.15, 0.2) is 0 Å². The Morgan fingerprint density at radius 3 is 0.438 bits per heavy atom. The van der Waals surface area contributed by atoms with Crippen LogP contribution in [0, 0.1) is 237 Å². The van der Waals surface area contributed by atoms with Crippen LogP contribution in [0.5, 0.6) is 0 Å². The third-order valence-corrected chi connectivity index (χ3v) is 52.0. The summed E-state index contributed by atoms with van der Waals surface area (Å²) in [6, 6.07) is 0. The van der Waals surface area contributed by atoms with Crippen LogP contribution in [0.1, 0.15) is 142 Å². The summed E-state index contributed by atoms with van der Waals surface area (Å²) in [5.74, 6) is -31.5. The highest BCUT2D eigenvalue weighted by Crippen LogP contribution is 2.81. The lowest BCUT2D eigenvalue weighted by atomic mass is 9.49. The first-order valence-corrected chi connectivity index (χ1v) is 55.9. The molecule has 20 aliphatic rings. The van der Waals surface area contributed by atoms with Gasteiger partial charge in [-0.3, -0.25) is 0 Å². The Labute approximate surface area is 657 Å². The van der Waals surface area contributed by atoms with Gasteiger partial charge in [-0.1, -0.05) is 13.8 Å². The number of rotatable bonds is 19. The monoisotopic (exact) mass is 1760 g/mol. The number of fused-ring (bicyclic) bond motifs is 20. The van der Waals surface area contributed by atoms with Crippen LogP contribution in [0.2, 0.25) is 0 Å². The summed E-state index contributed by atoms with van der Waals surface area (Å²) in [4.78, 5) is 0. The van der Waals surface area contributed by atoms with Crippen LogP contribution in [-0.2, 0) is 101 Å². The molecule has 0 aromatic heterocycles. The first-order chi connectivity index (χ1) is 51.7. The molecule has 50 unspecified atom stereocenters. The maximum atomic E-state index is 14.3. The van der Waals surface area contributed by atoms with E-state index in [1.807, 2.05) is 6.92 Å². The van der Waals surface area contributed by atoms with Gasteiger partial charge < -0.3 is 45.5 Å². The maximum absolute atomic E-state index is 14.3. The quantitative estimate of drug-likeness (QED) is 0.168. The lowest BCUT2D eigenvalue weighted by Gasteiger charge is -2.58. The van der Waals surface area contributed by atoms with Crippen molar-refractivity contribution >= 4 is 101 Å². The van der Waals surface area contributed by atoms with Crippen LogP contribution in [0.25, 0.3) is 0 Å². The van der Waals surface area contributed by atoms with E-state index in [-0.39, 0.29) is 134 Å². The summed E-state index contributed by atoms with van der Waals surface area (Å²) in [6.07, 6.45) is -0.489. The molecule has 634 valence electrons. The van der Waals surface area contributed by atoms with Crippen LogP contribution < -0.4 is 0 Å². The number of hydrogen-bond donors (Lipinski definition) is 0. The van der Waals surface area contributed by atoms with Gasteiger partial charge >= 0.3 is 0 Å². The Kier molecular flexibility index (Phi) is 17.7.